The monoisotopic (exact) mass is 418 g/mol. The third-order valence-corrected chi connectivity index (χ3v) is 7.87. The second-order valence-electron chi connectivity index (χ2n) is 6.91. The SMILES string of the molecule is C[C@H]1CCCCN1S(=O)(=O)c1cccc(C(=O)NCCSc2ccccc2)c1. The third-order valence-electron chi connectivity index (χ3n) is 4.84. The average molecular weight is 419 g/mol. The molecule has 0 bridgehead atoms. The first-order valence-corrected chi connectivity index (χ1v) is 12.0. The van der Waals surface area contributed by atoms with E-state index in [-0.39, 0.29) is 16.8 Å². The maximum atomic E-state index is 13.0. The van der Waals surface area contributed by atoms with Crippen LogP contribution < -0.4 is 5.32 Å². The number of amides is 1. The van der Waals surface area contributed by atoms with E-state index in [9.17, 15) is 13.2 Å². The molecular weight excluding hydrogens is 392 g/mol. The number of sulfonamides is 1. The predicted octanol–water partition coefficient (Wildman–Crippen LogP) is 3.77. The van der Waals surface area contributed by atoms with Crippen molar-refractivity contribution in [2.24, 2.45) is 0 Å². The van der Waals surface area contributed by atoms with E-state index in [0.29, 0.717) is 18.7 Å². The Kier molecular flexibility index (Phi) is 7.15. The first kappa shape index (κ1) is 20.9. The van der Waals surface area contributed by atoms with E-state index in [0.717, 1.165) is 29.9 Å². The van der Waals surface area contributed by atoms with Crippen molar-refractivity contribution in [3.8, 4) is 0 Å². The number of piperidine rings is 1. The maximum absolute atomic E-state index is 13.0. The van der Waals surface area contributed by atoms with Crippen molar-refractivity contribution in [3.63, 3.8) is 0 Å². The molecular formula is C21H26N2O3S2. The van der Waals surface area contributed by atoms with Gasteiger partial charge in [-0.25, -0.2) is 8.42 Å². The van der Waals surface area contributed by atoms with Crippen LogP contribution in [0.4, 0.5) is 0 Å². The van der Waals surface area contributed by atoms with Gasteiger partial charge in [-0.15, -0.1) is 11.8 Å². The molecule has 28 heavy (non-hydrogen) atoms. The quantitative estimate of drug-likeness (QED) is 0.549. The van der Waals surface area contributed by atoms with Crippen molar-refractivity contribution < 1.29 is 13.2 Å². The van der Waals surface area contributed by atoms with E-state index in [4.69, 9.17) is 0 Å². The lowest BCUT2D eigenvalue weighted by Gasteiger charge is -2.32. The molecule has 7 heteroatoms. The maximum Gasteiger partial charge on any atom is 0.251 e. The van der Waals surface area contributed by atoms with Crippen molar-refractivity contribution >= 4 is 27.7 Å². The van der Waals surface area contributed by atoms with Crippen LogP contribution in [0.2, 0.25) is 0 Å². The average Bonchev–Trinajstić information content (AvgIpc) is 2.72. The van der Waals surface area contributed by atoms with Crippen LogP contribution >= 0.6 is 11.8 Å². The normalized spacial score (nSPS) is 18.0. The highest BCUT2D eigenvalue weighted by molar-refractivity contribution is 7.99. The Hall–Kier alpha value is -1.83. The molecule has 0 saturated carbocycles. The number of rotatable bonds is 7. The molecule has 1 saturated heterocycles. The lowest BCUT2D eigenvalue weighted by Crippen LogP contribution is -2.42. The molecule has 3 rings (SSSR count). The second-order valence-corrected chi connectivity index (χ2v) is 9.96. The van der Waals surface area contributed by atoms with Gasteiger partial charge in [-0.3, -0.25) is 4.79 Å². The summed E-state index contributed by atoms with van der Waals surface area (Å²) in [6.45, 7) is 2.99. The molecule has 1 atom stereocenters. The summed E-state index contributed by atoms with van der Waals surface area (Å²) in [7, 11) is -3.58. The number of thioether (sulfide) groups is 1. The minimum absolute atomic E-state index is 0.00811. The summed E-state index contributed by atoms with van der Waals surface area (Å²) in [5.41, 5.74) is 0.371. The van der Waals surface area contributed by atoms with Gasteiger partial charge in [-0.2, -0.15) is 4.31 Å². The van der Waals surface area contributed by atoms with Crippen LogP contribution in [0.3, 0.4) is 0 Å². The molecule has 1 aliphatic heterocycles. The van der Waals surface area contributed by atoms with Crippen molar-refractivity contribution in [1.82, 2.24) is 9.62 Å². The highest BCUT2D eigenvalue weighted by Gasteiger charge is 2.31. The summed E-state index contributed by atoms with van der Waals surface area (Å²) in [4.78, 5) is 13.8. The third kappa shape index (κ3) is 5.16. The number of carbonyl (C=O) groups excluding carboxylic acids is 1. The summed E-state index contributed by atoms with van der Waals surface area (Å²) in [6, 6.07) is 16.3. The Morgan fingerprint density at radius 2 is 1.93 bits per heavy atom. The number of hydrogen-bond donors (Lipinski definition) is 1. The van der Waals surface area contributed by atoms with Gasteiger partial charge in [0.25, 0.3) is 5.91 Å². The van der Waals surface area contributed by atoms with Crippen LogP contribution in [0.15, 0.2) is 64.4 Å². The number of carbonyl (C=O) groups is 1. The molecule has 1 amide bonds. The second kappa shape index (κ2) is 9.58. The van der Waals surface area contributed by atoms with Crippen LogP contribution in [0, 0.1) is 0 Å². The number of hydrogen-bond acceptors (Lipinski definition) is 4. The summed E-state index contributed by atoms with van der Waals surface area (Å²) >= 11 is 1.67. The Bertz CT molecular complexity index is 901. The standard InChI is InChI=1S/C21H26N2O3S2/c1-17-8-5-6-14-23(17)28(25,26)20-12-7-9-18(16-20)21(24)22-13-15-27-19-10-3-2-4-11-19/h2-4,7,9-12,16-17H,5-6,8,13-15H2,1H3,(H,22,24)/t17-/m0/s1. The number of nitrogens with zero attached hydrogens (tertiary/aromatic N) is 1. The molecule has 5 nitrogen and oxygen atoms in total. The molecule has 0 aromatic heterocycles. The van der Waals surface area contributed by atoms with E-state index >= 15 is 0 Å². The van der Waals surface area contributed by atoms with Gasteiger partial charge < -0.3 is 5.32 Å². The molecule has 0 aliphatic carbocycles. The van der Waals surface area contributed by atoms with E-state index < -0.39 is 10.0 Å². The van der Waals surface area contributed by atoms with Gasteiger partial charge in [0.05, 0.1) is 4.90 Å². The number of benzene rings is 2. The predicted molar refractivity (Wildman–Crippen MR) is 113 cm³/mol. The van der Waals surface area contributed by atoms with Gasteiger partial charge >= 0.3 is 0 Å². The number of nitrogens with one attached hydrogen (secondary N) is 1. The zero-order chi connectivity index (χ0) is 20.0. The fourth-order valence-corrected chi connectivity index (χ4v) is 5.85. The Balaban J connectivity index is 1.61. The summed E-state index contributed by atoms with van der Waals surface area (Å²) in [5.74, 6) is 0.497. The lowest BCUT2D eigenvalue weighted by molar-refractivity contribution is 0.0956. The summed E-state index contributed by atoms with van der Waals surface area (Å²) < 4.78 is 27.5. The first-order chi connectivity index (χ1) is 13.5. The minimum Gasteiger partial charge on any atom is -0.351 e. The molecule has 0 unspecified atom stereocenters. The van der Waals surface area contributed by atoms with Crippen molar-refractivity contribution in [2.75, 3.05) is 18.8 Å². The van der Waals surface area contributed by atoms with Crippen LogP contribution in [0.5, 0.6) is 0 Å². The molecule has 1 aliphatic rings. The Labute approximate surface area is 171 Å². The van der Waals surface area contributed by atoms with Gasteiger partial charge in [0.2, 0.25) is 10.0 Å². The fraction of sp³-hybridized carbons (Fsp3) is 0.381. The highest BCUT2D eigenvalue weighted by atomic mass is 32.2. The first-order valence-electron chi connectivity index (χ1n) is 9.56. The molecule has 0 spiro atoms. The van der Waals surface area contributed by atoms with Crippen molar-refractivity contribution in [2.45, 2.75) is 42.0 Å². The van der Waals surface area contributed by atoms with Crippen molar-refractivity contribution in [1.29, 1.82) is 0 Å². The van der Waals surface area contributed by atoms with Crippen LogP contribution in [-0.4, -0.2) is 43.5 Å². The van der Waals surface area contributed by atoms with Crippen molar-refractivity contribution in [3.05, 3.63) is 60.2 Å². The molecule has 150 valence electrons. The Morgan fingerprint density at radius 1 is 1.14 bits per heavy atom. The van der Waals surface area contributed by atoms with Gasteiger partial charge in [-0.1, -0.05) is 30.7 Å². The van der Waals surface area contributed by atoms with Crippen LogP contribution in [-0.2, 0) is 10.0 Å². The topological polar surface area (TPSA) is 66.5 Å². The van der Waals surface area contributed by atoms with Crippen LogP contribution in [0.1, 0.15) is 36.5 Å². The molecule has 2 aromatic rings. The molecule has 1 fully saturated rings. The zero-order valence-corrected chi connectivity index (χ0v) is 17.6. The molecule has 1 N–H and O–H groups in total. The van der Waals surface area contributed by atoms with Gasteiger partial charge in [0, 0.05) is 35.3 Å². The zero-order valence-electron chi connectivity index (χ0n) is 16.0. The summed E-state index contributed by atoms with van der Waals surface area (Å²) in [5, 5.41) is 2.87. The highest BCUT2D eigenvalue weighted by Crippen LogP contribution is 2.25. The molecule has 1 heterocycles. The molecule has 2 aromatic carbocycles. The van der Waals surface area contributed by atoms with Crippen LogP contribution in [0.25, 0.3) is 0 Å². The van der Waals surface area contributed by atoms with E-state index in [1.807, 2.05) is 37.3 Å². The van der Waals surface area contributed by atoms with E-state index in [1.54, 1.807) is 34.3 Å². The fourth-order valence-electron chi connectivity index (χ4n) is 3.31. The van der Waals surface area contributed by atoms with Gasteiger partial charge in [-0.05, 0) is 50.1 Å². The van der Waals surface area contributed by atoms with E-state index in [1.165, 1.54) is 6.07 Å². The smallest absolute Gasteiger partial charge is 0.251 e. The Morgan fingerprint density at radius 3 is 2.68 bits per heavy atom. The lowest BCUT2D eigenvalue weighted by atomic mass is 10.1. The minimum atomic E-state index is -3.58. The molecule has 0 radical (unpaired) electrons. The van der Waals surface area contributed by atoms with Gasteiger partial charge in [0.1, 0.15) is 0 Å². The van der Waals surface area contributed by atoms with E-state index in [2.05, 4.69) is 5.32 Å². The summed E-state index contributed by atoms with van der Waals surface area (Å²) in [6.07, 6.45) is 2.80. The van der Waals surface area contributed by atoms with Gasteiger partial charge in [0.15, 0.2) is 0 Å². The largest absolute Gasteiger partial charge is 0.351 e.